The van der Waals surface area contributed by atoms with Gasteiger partial charge < -0.3 is 14.2 Å². The van der Waals surface area contributed by atoms with Crippen molar-refractivity contribution in [1.82, 2.24) is 5.48 Å². The van der Waals surface area contributed by atoms with Gasteiger partial charge in [-0.3, -0.25) is 10.3 Å². The molecule has 0 aliphatic rings. The summed E-state index contributed by atoms with van der Waals surface area (Å²) in [4.78, 5) is 5.34. The molecule has 158 valence electrons. The zero-order valence-electron chi connectivity index (χ0n) is 17.3. The lowest BCUT2D eigenvalue weighted by Crippen LogP contribution is -2.25. The summed E-state index contributed by atoms with van der Waals surface area (Å²) < 4.78 is 17.3. The van der Waals surface area contributed by atoms with E-state index in [2.05, 4.69) is 19.3 Å². The van der Waals surface area contributed by atoms with Gasteiger partial charge in [-0.2, -0.15) is 0 Å². The lowest BCUT2D eigenvalue weighted by molar-refractivity contribution is -0.0531. The second kappa shape index (κ2) is 12.8. The van der Waals surface area contributed by atoms with Crippen molar-refractivity contribution < 1.29 is 19.0 Å². The molecule has 7 heteroatoms. The zero-order valence-corrected chi connectivity index (χ0v) is 18.8. The molecule has 0 amide bonds. The van der Waals surface area contributed by atoms with E-state index in [-0.39, 0.29) is 10.1 Å². The van der Waals surface area contributed by atoms with Gasteiger partial charge in [0.25, 0.3) is 0 Å². The van der Waals surface area contributed by atoms with E-state index < -0.39 is 0 Å². The SMILES string of the molecule is CCc1cc(OCC=C(Cl)Cl)cc(CC)c1OCCOC=CNOC(C)(C)C. The highest BCUT2D eigenvalue weighted by atomic mass is 35.5. The first-order valence-electron chi connectivity index (χ1n) is 9.39. The fraction of sp³-hybridized carbons (Fsp3) is 0.524. The van der Waals surface area contributed by atoms with Crippen LogP contribution in [0.5, 0.6) is 11.5 Å². The fourth-order valence-corrected chi connectivity index (χ4v) is 2.39. The van der Waals surface area contributed by atoms with E-state index in [4.69, 9.17) is 42.3 Å². The molecule has 0 unspecified atom stereocenters. The standard InChI is InChI=1S/C21H31Cl2NO4/c1-6-16-14-18(26-10-8-19(22)23)15-17(7-2)20(16)27-13-12-25-11-9-24-28-21(3,4)5/h8-9,11,14-15,24H,6-7,10,12-13H2,1-5H3. The van der Waals surface area contributed by atoms with E-state index in [0.717, 1.165) is 35.5 Å². The highest BCUT2D eigenvalue weighted by Gasteiger charge is 2.11. The van der Waals surface area contributed by atoms with E-state index in [9.17, 15) is 0 Å². The Morgan fingerprint density at radius 1 is 1.04 bits per heavy atom. The lowest BCUT2D eigenvalue weighted by Gasteiger charge is -2.18. The largest absolute Gasteiger partial charge is 0.496 e. The van der Waals surface area contributed by atoms with Crippen molar-refractivity contribution in [2.24, 2.45) is 0 Å². The van der Waals surface area contributed by atoms with Gasteiger partial charge in [0.1, 0.15) is 42.1 Å². The van der Waals surface area contributed by atoms with Crippen molar-refractivity contribution in [3.63, 3.8) is 0 Å². The second-order valence-electron chi connectivity index (χ2n) is 6.94. The van der Waals surface area contributed by atoms with E-state index >= 15 is 0 Å². The van der Waals surface area contributed by atoms with Crippen LogP contribution in [0, 0.1) is 0 Å². The maximum Gasteiger partial charge on any atom is 0.126 e. The third-order valence-corrected chi connectivity index (χ3v) is 3.82. The average Bonchev–Trinajstić information content (AvgIpc) is 2.62. The van der Waals surface area contributed by atoms with Crippen LogP contribution in [0.4, 0.5) is 0 Å². The molecule has 0 heterocycles. The molecule has 0 aliphatic heterocycles. The van der Waals surface area contributed by atoms with Crippen LogP contribution in [0.1, 0.15) is 45.7 Å². The predicted molar refractivity (Wildman–Crippen MR) is 115 cm³/mol. The Morgan fingerprint density at radius 3 is 2.21 bits per heavy atom. The summed E-state index contributed by atoms with van der Waals surface area (Å²) in [5.74, 6) is 1.67. The quantitative estimate of drug-likeness (QED) is 0.261. The molecule has 0 fully saturated rings. The number of ether oxygens (including phenoxy) is 3. The molecule has 0 bridgehead atoms. The van der Waals surface area contributed by atoms with Gasteiger partial charge in [-0.1, -0.05) is 37.0 Å². The normalized spacial score (nSPS) is 11.4. The predicted octanol–water partition coefficient (Wildman–Crippen LogP) is 5.70. The van der Waals surface area contributed by atoms with Gasteiger partial charge in [-0.25, -0.2) is 0 Å². The Bertz CT molecular complexity index is 625. The Morgan fingerprint density at radius 2 is 1.68 bits per heavy atom. The second-order valence-corrected chi connectivity index (χ2v) is 7.94. The summed E-state index contributed by atoms with van der Waals surface area (Å²) in [6.45, 7) is 11.2. The molecule has 0 radical (unpaired) electrons. The Kier molecular flexibility index (Phi) is 11.2. The van der Waals surface area contributed by atoms with Crippen LogP contribution in [0.25, 0.3) is 0 Å². The molecule has 1 aromatic rings. The molecular formula is C21H31Cl2NO4. The fourth-order valence-electron chi connectivity index (χ4n) is 2.26. The minimum absolute atomic E-state index is 0.195. The van der Waals surface area contributed by atoms with Crippen molar-refractivity contribution in [3.8, 4) is 11.5 Å². The monoisotopic (exact) mass is 431 g/mol. The van der Waals surface area contributed by atoms with Crippen LogP contribution < -0.4 is 15.0 Å². The molecule has 0 aliphatic carbocycles. The van der Waals surface area contributed by atoms with Crippen molar-refractivity contribution >= 4 is 23.2 Å². The van der Waals surface area contributed by atoms with Crippen LogP contribution in [-0.4, -0.2) is 25.4 Å². The zero-order chi connectivity index (χ0) is 21.0. The van der Waals surface area contributed by atoms with Crippen molar-refractivity contribution in [3.05, 3.63) is 46.3 Å². The molecule has 0 aromatic heterocycles. The Hall–Kier alpha value is -1.56. The number of rotatable bonds is 12. The van der Waals surface area contributed by atoms with E-state index in [0.29, 0.717) is 19.8 Å². The maximum absolute atomic E-state index is 5.99. The smallest absolute Gasteiger partial charge is 0.126 e. The highest BCUT2D eigenvalue weighted by Crippen LogP contribution is 2.31. The van der Waals surface area contributed by atoms with Gasteiger partial charge in [0.05, 0.1) is 11.8 Å². The van der Waals surface area contributed by atoms with Crippen LogP contribution in [0.3, 0.4) is 0 Å². The summed E-state index contributed by atoms with van der Waals surface area (Å²) in [5.41, 5.74) is 4.64. The summed E-state index contributed by atoms with van der Waals surface area (Å²) in [6.07, 6.45) is 6.43. The van der Waals surface area contributed by atoms with Crippen LogP contribution in [-0.2, 0) is 22.4 Å². The van der Waals surface area contributed by atoms with Gasteiger partial charge in [0.2, 0.25) is 0 Å². The molecule has 28 heavy (non-hydrogen) atoms. The maximum atomic E-state index is 5.99. The molecule has 0 saturated carbocycles. The molecule has 1 aromatic carbocycles. The van der Waals surface area contributed by atoms with Crippen molar-refractivity contribution in [2.45, 2.75) is 53.1 Å². The van der Waals surface area contributed by atoms with Gasteiger partial charge in [-0.15, -0.1) is 0 Å². The van der Waals surface area contributed by atoms with E-state index in [1.165, 1.54) is 0 Å². The summed E-state index contributed by atoms with van der Waals surface area (Å²) in [5, 5.41) is 0. The van der Waals surface area contributed by atoms with Gasteiger partial charge in [0.15, 0.2) is 0 Å². The molecule has 0 saturated heterocycles. The highest BCUT2D eigenvalue weighted by molar-refractivity contribution is 6.55. The summed E-state index contributed by atoms with van der Waals surface area (Å²) in [7, 11) is 0. The first-order chi connectivity index (χ1) is 13.3. The number of benzene rings is 1. The lowest BCUT2D eigenvalue weighted by atomic mass is 10.0. The molecule has 1 rings (SSSR count). The third-order valence-electron chi connectivity index (χ3n) is 3.51. The first-order valence-corrected chi connectivity index (χ1v) is 10.1. The van der Waals surface area contributed by atoms with Gasteiger partial charge >= 0.3 is 0 Å². The minimum Gasteiger partial charge on any atom is -0.496 e. The average molecular weight is 432 g/mol. The topological polar surface area (TPSA) is 49.0 Å². The van der Waals surface area contributed by atoms with Gasteiger partial charge in [-0.05, 0) is 62.9 Å². The number of hydroxylamine groups is 1. The van der Waals surface area contributed by atoms with Crippen molar-refractivity contribution in [1.29, 1.82) is 0 Å². The number of nitrogens with one attached hydrogen (secondary N) is 1. The van der Waals surface area contributed by atoms with Gasteiger partial charge in [0, 0.05) is 0 Å². The molecule has 5 nitrogen and oxygen atoms in total. The number of hydrogen-bond donors (Lipinski definition) is 1. The van der Waals surface area contributed by atoms with Crippen LogP contribution in [0.2, 0.25) is 0 Å². The summed E-state index contributed by atoms with van der Waals surface area (Å²) in [6, 6.07) is 3.97. The van der Waals surface area contributed by atoms with Crippen molar-refractivity contribution in [2.75, 3.05) is 19.8 Å². The number of aryl methyl sites for hydroxylation is 2. The van der Waals surface area contributed by atoms with E-state index in [1.54, 1.807) is 18.5 Å². The number of hydrogen-bond acceptors (Lipinski definition) is 5. The minimum atomic E-state index is -0.261. The van der Waals surface area contributed by atoms with E-state index in [1.807, 2.05) is 32.9 Å². The molecule has 0 spiro atoms. The Labute approximate surface area is 178 Å². The molecule has 0 atom stereocenters. The van der Waals surface area contributed by atoms with Crippen LogP contribution >= 0.6 is 23.2 Å². The third kappa shape index (κ3) is 10.1. The number of halogens is 2. The Balaban J connectivity index is 2.57. The first kappa shape index (κ1) is 24.5. The molecular weight excluding hydrogens is 401 g/mol. The summed E-state index contributed by atoms with van der Waals surface area (Å²) >= 11 is 11.2. The van der Waals surface area contributed by atoms with Crippen LogP contribution in [0.15, 0.2) is 35.2 Å². The molecule has 1 N–H and O–H groups in total.